The number of aromatic nitrogens is 2. The molecule has 1 aromatic heterocycles. The van der Waals surface area contributed by atoms with E-state index in [9.17, 15) is 0 Å². The van der Waals surface area contributed by atoms with Crippen LogP contribution in [0.5, 0.6) is 0 Å². The molecule has 2 rings (SSSR count). The van der Waals surface area contributed by atoms with Crippen molar-refractivity contribution in [3.05, 3.63) is 54.4 Å². The van der Waals surface area contributed by atoms with Crippen LogP contribution in [0, 0.1) is 11.8 Å². The summed E-state index contributed by atoms with van der Waals surface area (Å²) in [5, 5.41) is 7.53. The predicted molar refractivity (Wildman–Crippen MR) is 73.0 cm³/mol. The Hall–Kier alpha value is -2.05. The van der Waals surface area contributed by atoms with E-state index < -0.39 is 0 Å². The molecule has 3 nitrogen and oxygen atoms in total. The van der Waals surface area contributed by atoms with E-state index in [2.05, 4.69) is 29.2 Å². The second-order valence-corrected chi connectivity index (χ2v) is 4.18. The monoisotopic (exact) mass is 239 g/mol. The minimum Gasteiger partial charge on any atom is -0.302 e. The van der Waals surface area contributed by atoms with Crippen LogP contribution < -0.4 is 5.32 Å². The van der Waals surface area contributed by atoms with Gasteiger partial charge >= 0.3 is 0 Å². The SMILES string of the molecule is CC(Cn1cccn1)NCC#Cc1ccccc1. The van der Waals surface area contributed by atoms with E-state index in [0.717, 1.165) is 12.1 Å². The maximum Gasteiger partial charge on any atom is 0.0582 e. The fraction of sp³-hybridized carbons (Fsp3) is 0.267. The lowest BCUT2D eigenvalue weighted by molar-refractivity contribution is 0.470. The van der Waals surface area contributed by atoms with E-state index >= 15 is 0 Å². The third kappa shape index (κ3) is 4.08. The van der Waals surface area contributed by atoms with Crippen LogP contribution in [-0.2, 0) is 6.54 Å². The molecule has 1 aromatic carbocycles. The van der Waals surface area contributed by atoms with Gasteiger partial charge in [0.25, 0.3) is 0 Å². The first-order valence-corrected chi connectivity index (χ1v) is 6.09. The molecule has 0 spiro atoms. The van der Waals surface area contributed by atoms with Gasteiger partial charge < -0.3 is 5.32 Å². The topological polar surface area (TPSA) is 29.9 Å². The lowest BCUT2D eigenvalue weighted by Crippen LogP contribution is -2.30. The number of rotatable bonds is 4. The molecule has 0 saturated carbocycles. The summed E-state index contributed by atoms with van der Waals surface area (Å²) in [7, 11) is 0. The first kappa shape index (κ1) is 12.4. The fourth-order valence-electron chi connectivity index (χ4n) is 1.65. The van der Waals surface area contributed by atoms with Crippen LogP contribution in [0.25, 0.3) is 0 Å². The Balaban J connectivity index is 1.74. The lowest BCUT2D eigenvalue weighted by atomic mass is 10.2. The van der Waals surface area contributed by atoms with E-state index in [1.807, 2.05) is 47.3 Å². The molecule has 0 saturated heterocycles. The van der Waals surface area contributed by atoms with Gasteiger partial charge in [0.2, 0.25) is 0 Å². The normalized spacial score (nSPS) is 11.6. The van der Waals surface area contributed by atoms with Crippen molar-refractivity contribution >= 4 is 0 Å². The molecule has 1 heterocycles. The summed E-state index contributed by atoms with van der Waals surface area (Å²) in [5.74, 6) is 6.25. The number of hydrogen-bond donors (Lipinski definition) is 1. The summed E-state index contributed by atoms with van der Waals surface area (Å²) in [6.45, 7) is 3.68. The molecular formula is C15H17N3. The Kier molecular flexibility index (Phi) is 4.57. The molecule has 0 aliphatic heterocycles. The fourth-order valence-corrected chi connectivity index (χ4v) is 1.65. The standard InChI is InChI=1S/C15H17N3/c1-14(13-18-12-6-11-17-18)16-10-5-9-15-7-3-2-4-8-15/h2-4,6-8,11-12,14,16H,10,13H2,1H3. The van der Waals surface area contributed by atoms with Crippen molar-refractivity contribution in [2.75, 3.05) is 6.54 Å². The molecule has 0 radical (unpaired) electrons. The molecule has 0 aliphatic carbocycles. The van der Waals surface area contributed by atoms with Crippen LogP contribution in [0.1, 0.15) is 12.5 Å². The van der Waals surface area contributed by atoms with Crippen LogP contribution in [0.4, 0.5) is 0 Å². The van der Waals surface area contributed by atoms with E-state index in [1.54, 1.807) is 6.20 Å². The summed E-state index contributed by atoms with van der Waals surface area (Å²) >= 11 is 0. The van der Waals surface area contributed by atoms with Gasteiger partial charge in [-0.3, -0.25) is 4.68 Å². The van der Waals surface area contributed by atoms with Gasteiger partial charge in [0.15, 0.2) is 0 Å². The second-order valence-electron chi connectivity index (χ2n) is 4.18. The number of nitrogens with one attached hydrogen (secondary N) is 1. The van der Waals surface area contributed by atoms with Crippen molar-refractivity contribution in [2.45, 2.75) is 19.5 Å². The molecule has 0 amide bonds. The lowest BCUT2D eigenvalue weighted by Gasteiger charge is -2.11. The summed E-state index contributed by atoms with van der Waals surface area (Å²) in [4.78, 5) is 0. The highest BCUT2D eigenvalue weighted by atomic mass is 15.3. The maximum absolute atomic E-state index is 4.17. The van der Waals surface area contributed by atoms with Gasteiger partial charge in [0.1, 0.15) is 0 Å². The zero-order valence-corrected chi connectivity index (χ0v) is 10.5. The van der Waals surface area contributed by atoms with E-state index in [-0.39, 0.29) is 0 Å². The molecule has 3 heteroatoms. The van der Waals surface area contributed by atoms with Crippen molar-refractivity contribution in [1.29, 1.82) is 0 Å². The van der Waals surface area contributed by atoms with Gasteiger partial charge in [0.05, 0.1) is 13.1 Å². The Bertz CT molecular complexity index is 506. The molecule has 0 aliphatic rings. The Morgan fingerprint density at radius 3 is 2.83 bits per heavy atom. The highest BCUT2D eigenvalue weighted by Crippen LogP contribution is 1.94. The minimum atomic E-state index is 0.356. The Labute approximate surface area is 108 Å². The molecule has 92 valence electrons. The molecule has 1 N–H and O–H groups in total. The van der Waals surface area contributed by atoms with E-state index in [4.69, 9.17) is 0 Å². The minimum absolute atomic E-state index is 0.356. The summed E-state index contributed by atoms with van der Waals surface area (Å²) in [6.07, 6.45) is 3.76. The largest absolute Gasteiger partial charge is 0.302 e. The number of hydrogen-bond acceptors (Lipinski definition) is 2. The molecule has 0 fully saturated rings. The van der Waals surface area contributed by atoms with Gasteiger partial charge in [-0.15, -0.1) is 0 Å². The maximum atomic E-state index is 4.17. The molecule has 2 aromatic rings. The van der Waals surface area contributed by atoms with Crippen LogP contribution in [0.15, 0.2) is 48.8 Å². The van der Waals surface area contributed by atoms with Crippen molar-refractivity contribution in [3.63, 3.8) is 0 Å². The van der Waals surface area contributed by atoms with E-state index in [1.165, 1.54) is 0 Å². The third-order valence-corrected chi connectivity index (χ3v) is 2.57. The van der Waals surface area contributed by atoms with E-state index in [0.29, 0.717) is 12.6 Å². The smallest absolute Gasteiger partial charge is 0.0582 e. The van der Waals surface area contributed by atoms with Gasteiger partial charge in [0, 0.05) is 24.0 Å². The summed E-state index contributed by atoms with van der Waals surface area (Å²) in [5.41, 5.74) is 1.05. The number of nitrogens with zero attached hydrogens (tertiary/aromatic N) is 2. The highest BCUT2D eigenvalue weighted by molar-refractivity contribution is 5.33. The first-order valence-electron chi connectivity index (χ1n) is 6.09. The van der Waals surface area contributed by atoms with Gasteiger partial charge in [-0.1, -0.05) is 30.0 Å². The molecule has 1 atom stereocenters. The van der Waals surface area contributed by atoms with Crippen LogP contribution in [-0.4, -0.2) is 22.4 Å². The summed E-state index contributed by atoms with van der Waals surface area (Å²) in [6, 6.07) is 12.3. The van der Waals surface area contributed by atoms with Crippen molar-refractivity contribution < 1.29 is 0 Å². The molecular weight excluding hydrogens is 222 g/mol. The zero-order chi connectivity index (χ0) is 12.6. The van der Waals surface area contributed by atoms with Crippen LogP contribution in [0.2, 0.25) is 0 Å². The van der Waals surface area contributed by atoms with Crippen LogP contribution in [0.3, 0.4) is 0 Å². The molecule has 18 heavy (non-hydrogen) atoms. The average Bonchev–Trinajstić information content (AvgIpc) is 2.89. The van der Waals surface area contributed by atoms with Gasteiger partial charge in [-0.05, 0) is 25.1 Å². The summed E-state index contributed by atoms with van der Waals surface area (Å²) < 4.78 is 1.92. The predicted octanol–water partition coefficient (Wildman–Crippen LogP) is 1.91. The number of benzene rings is 1. The Morgan fingerprint density at radius 1 is 1.28 bits per heavy atom. The molecule has 0 bridgehead atoms. The average molecular weight is 239 g/mol. The first-order chi connectivity index (χ1) is 8.84. The van der Waals surface area contributed by atoms with Crippen LogP contribution >= 0.6 is 0 Å². The highest BCUT2D eigenvalue weighted by Gasteiger charge is 2.00. The zero-order valence-electron chi connectivity index (χ0n) is 10.5. The van der Waals surface area contributed by atoms with Crippen molar-refractivity contribution in [1.82, 2.24) is 15.1 Å². The van der Waals surface area contributed by atoms with Crippen molar-refractivity contribution in [2.24, 2.45) is 0 Å². The third-order valence-electron chi connectivity index (χ3n) is 2.57. The van der Waals surface area contributed by atoms with Gasteiger partial charge in [-0.2, -0.15) is 5.10 Å². The Morgan fingerprint density at radius 2 is 2.11 bits per heavy atom. The molecule has 1 unspecified atom stereocenters. The van der Waals surface area contributed by atoms with Gasteiger partial charge in [-0.25, -0.2) is 0 Å². The second kappa shape index (κ2) is 6.63. The quantitative estimate of drug-likeness (QED) is 0.826. The van der Waals surface area contributed by atoms with Crippen molar-refractivity contribution in [3.8, 4) is 11.8 Å².